The summed E-state index contributed by atoms with van der Waals surface area (Å²) >= 11 is 1.26. The Hall–Kier alpha value is -0.670. The van der Waals surface area contributed by atoms with Crippen molar-refractivity contribution in [3.63, 3.8) is 0 Å². The van der Waals surface area contributed by atoms with Crippen molar-refractivity contribution in [1.82, 2.24) is 0 Å². The van der Waals surface area contributed by atoms with Crippen molar-refractivity contribution in [2.45, 2.75) is 11.8 Å². The molecule has 0 radical (unpaired) electrons. The van der Waals surface area contributed by atoms with Gasteiger partial charge in [0.15, 0.2) is 0 Å². The van der Waals surface area contributed by atoms with Crippen LogP contribution in [0.4, 0.5) is 0 Å². The summed E-state index contributed by atoms with van der Waals surface area (Å²) in [6.07, 6.45) is 0. The fourth-order valence-electron chi connectivity index (χ4n) is 0.881. The van der Waals surface area contributed by atoms with Crippen LogP contribution >= 0.6 is 11.9 Å². The lowest BCUT2D eigenvalue weighted by molar-refractivity contribution is 0.414. The number of hydrogen-bond acceptors (Lipinski definition) is 3. The largest absolute Gasteiger partial charge is 0.497 e. The Morgan fingerprint density at radius 3 is 2.64 bits per heavy atom. The molecule has 1 rings (SSSR count). The lowest BCUT2D eigenvalue weighted by Crippen LogP contribution is -1.87. The molecule has 0 aliphatic heterocycles. The van der Waals surface area contributed by atoms with Crippen LogP contribution in [0.25, 0.3) is 0 Å². The van der Waals surface area contributed by atoms with Crippen LogP contribution in [0, 0.1) is 6.92 Å². The summed E-state index contributed by atoms with van der Waals surface area (Å²) in [6, 6.07) is 5.83. The number of methoxy groups -OCH3 is 1. The van der Waals surface area contributed by atoms with E-state index in [4.69, 9.17) is 9.88 Å². The van der Waals surface area contributed by atoms with Gasteiger partial charge in [-0.25, -0.2) is 0 Å². The molecular formula is C8H11NOS. The topological polar surface area (TPSA) is 35.2 Å². The predicted molar refractivity (Wildman–Crippen MR) is 47.8 cm³/mol. The number of nitrogens with two attached hydrogens (primary N) is 1. The highest BCUT2D eigenvalue weighted by Gasteiger charge is 1.97. The molecular weight excluding hydrogens is 158 g/mol. The van der Waals surface area contributed by atoms with Gasteiger partial charge in [-0.1, -0.05) is 0 Å². The lowest BCUT2D eigenvalue weighted by atomic mass is 10.2. The maximum atomic E-state index is 5.42. The first kappa shape index (κ1) is 8.43. The SMILES string of the molecule is COc1ccc(SN)c(C)c1. The average Bonchev–Trinajstić information content (AvgIpc) is 2.04. The molecule has 0 heterocycles. The zero-order valence-corrected chi connectivity index (χ0v) is 7.44. The van der Waals surface area contributed by atoms with Crippen molar-refractivity contribution < 1.29 is 4.74 Å². The van der Waals surface area contributed by atoms with Crippen LogP contribution in [0.1, 0.15) is 5.56 Å². The van der Waals surface area contributed by atoms with E-state index in [0.29, 0.717) is 0 Å². The Morgan fingerprint density at radius 1 is 1.45 bits per heavy atom. The van der Waals surface area contributed by atoms with Gasteiger partial charge >= 0.3 is 0 Å². The second-order valence-electron chi connectivity index (χ2n) is 2.25. The van der Waals surface area contributed by atoms with Crippen LogP contribution in [0.3, 0.4) is 0 Å². The van der Waals surface area contributed by atoms with Gasteiger partial charge in [-0.2, -0.15) is 0 Å². The van der Waals surface area contributed by atoms with E-state index < -0.39 is 0 Å². The third kappa shape index (κ3) is 1.88. The number of hydrogen-bond donors (Lipinski definition) is 1. The molecule has 2 N–H and O–H groups in total. The molecule has 0 aliphatic rings. The van der Waals surface area contributed by atoms with Crippen LogP contribution in [0.15, 0.2) is 23.1 Å². The van der Waals surface area contributed by atoms with Crippen LogP contribution in [-0.4, -0.2) is 7.11 Å². The first-order valence-electron chi connectivity index (χ1n) is 3.29. The molecule has 0 fully saturated rings. The van der Waals surface area contributed by atoms with Crippen molar-refractivity contribution >= 4 is 11.9 Å². The van der Waals surface area contributed by atoms with E-state index in [2.05, 4.69) is 0 Å². The molecule has 60 valence electrons. The predicted octanol–water partition coefficient (Wildman–Crippen LogP) is 1.97. The standard InChI is InChI=1S/C8H11NOS/c1-6-5-7(10-2)3-4-8(6)11-9/h3-5H,9H2,1-2H3. The monoisotopic (exact) mass is 169 g/mol. The smallest absolute Gasteiger partial charge is 0.119 e. The molecule has 3 heteroatoms. The highest BCUT2D eigenvalue weighted by atomic mass is 32.2. The minimum Gasteiger partial charge on any atom is -0.497 e. The number of rotatable bonds is 2. The Morgan fingerprint density at radius 2 is 2.18 bits per heavy atom. The molecule has 0 saturated carbocycles. The van der Waals surface area contributed by atoms with E-state index in [1.54, 1.807) is 7.11 Å². The third-order valence-electron chi connectivity index (χ3n) is 1.51. The van der Waals surface area contributed by atoms with Gasteiger partial charge in [-0.05, 0) is 42.6 Å². The summed E-state index contributed by atoms with van der Waals surface area (Å²) < 4.78 is 5.04. The minimum atomic E-state index is 0.875. The van der Waals surface area contributed by atoms with E-state index in [-0.39, 0.29) is 0 Å². The van der Waals surface area contributed by atoms with Gasteiger partial charge in [0.2, 0.25) is 0 Å². The summed E-state index contributed by atoms with van der Waals surface area (Å²) in [6.45, 7) is 2.01. The van der Waals surface area contributed by atoms with Gasteiger partial charge in [-0.15, -0.1) is 0 Å². The van der Waals surface area contributed by atoms with Crippen LogP contribution in [0.5, 0.6) is 5.75 Å². The maximum Gasteiger partial charge on any atom is 0.119 e. The molecule has 0 spiro atoms. The van der Waals surface area contributed by atoms with Gasteiger partial charge in [-0.3, -0.25) is 5.14 Å². The first-order valence-corrected chi connectivity index (χ1v) is 4.17. The second kappa shape index (κ2) is 3.64. The fraction of sp³-hybridized carbons (Fsp3) is 0.250. The van der Waals surface area contributed by atoms with Crippen molar-refractivity contribution in [2.24, 2.45) is 5.14 Å². The average molecular weight is 169 g/mol. The van der Waals surface area contributed by atoms with Gasteiger partial charge < -0.3 is 4.74 Å². The van der Waals surface area contributed by atoms with E-state index in [0.717, 1.165) is 16.2 Å². The highest BCUT2D eigenvalue weighted by Crippen LogP contribution is 2.21. The molecule has 2 nitrogen and oxygen atoms in total. The summed E-state index contributed by atoms with van der Waals surface area (Å²) in [5, 5.41) is 5.42. The molecule has 0 unspecified atom stereocenters. The number of benzene rings is 1. The van der Waals surface area contributed by atoms with Crippen molar-refractivity contribution in [3.8, 4) is 5.75 Å². The van der Waals surface area contributed by atoms with E-state index in [9.17, 15) is 0 Å². The summed E-state index contributed by atoms with van der Waals surface area (Å²) in [5.74, 6) is 0.875. The minimum absolute atomic E-state index is 0.875. The Labute approximate surface area is 70.9 Å². The number of aryl methyl sites for hydroxylation is 1. The molecule has 0 bridgehead atoms. The van der Waals surface area contributed by atoms with E-state index >= 15 is 0 Å². The van der Waals surface area contributed by atoms with Gasteiger partial charge in [0.05, 0.1) is 7.11 Å². The van der Waals surface area contributed by atoms with E-state index in [1.807, 2.05) is 25.1 Å². The van der Waals surface area contributed by atoms with Crippen LogP contribution in [-0.2, 0) is 0 Å². The zero-order valence-electron chi connectivity index (χ0n) is 6.63. The molecule has 0 amide bonds. The maximum absolute atomic E-state index is 5.42. The Bertz CT molecular complexity index is 250. The lowest BCUT2D eigenvalue weighted by Gasteiger charge is -2.03. The van der Waals surface area contributed by atoms with Crippen molar-refractivity contribution in [3.05, 3.63) is 23.8 Å². The first-order chi connectivity index (χ1) is 5.27. The van der Waals surface area contributed by atoms with Gasteiger partial charge in [0.1, 0.15) is 5.75 Å². The second-order valence-corrected chi connectivity index (χ2v) is 2.92. The quantitative estimate of drug-likeness (QED) is 0.687. The third-order valence-corrected chi connectivity index (χ3v) is 2.22. The summed E-state index contributed by atoms with van der Waals surface area (Å²) in [7, 11) is 1.66. The van der Waals surface area contributed by atoms with Crippen molar-refractivity contribution in [2.75, 3.05) is 7.11 Å². The molecule has 0 aliphatic carbocycles. The van der Waals surface area contributed by atoms with Crippen LogP contribution < -0.4 is 9.88 Å². The molecule has 0 atom stereocenters. The van der Waals surface area contributed by atoms with Gasteiger partial charge in [0, 0.05) is 4.90 Å². The summed E-state index contributed by atoms with van der Waals surface area (Å²) in [5.41, 5.74) is 1.15. The molecule has 11 heavy (non-hydrogen) atoms. The zero-order chi connectivity index (χ0) is 8.27. The van der Waals surface area contributed by atoms with Gasteiger partial charge in [0.25, 0.3) is 0 Å². The van der Waals surface area contributed by atoms with Crippen molar-refractivity contribution in [1.29, 1.82) is 0 Å². The Balaban J connectivity index is 2.99. The molecule has 1 aromatic carbocycles. The normalized spacial score (nSPS) is 9.73. The summed E-state index contributed by atoms with van der Waals surface area (Å²) in [4.78, 5) is 1.09. The molecule has 0 aromatic heterocycles. The Kier molecular flexibility index (Phi) is 2.79. The molecule has 0 saturated heterocycles. The molecule has 1 aromatic rings. The fourth-order valence-corrected chi connectivity index (χ4v) is 1.27. The highest BCUT2D eigenvalue weighted by molar-refractivity contribution is 7.97. The van der Waals surface area contributed by atoms with Crippen LogP contribution in [0.2, 0.25) is 0 Å². The number of ether oxygens (including phenoxy) is 1. The van der Waals surface area contributed by atoms with E-state index in [1.165, 1.54) is 11.9 Å².